The van der Waals surface area contributed by atoms with Crippen molar-refractivity contribution in [2.45, 2.75) is 213 Å². The molecule has 0 aromatic rings. The van der Waals surface area contributed by atoms with E-state index in [4.69, 9.17) is 0 Å². The summed E-state index contributed by atoms with van der Waals surface area (Å²) >= 11 is 0. The monoisotopic (exact) mass is 524 g/mol. The Bertz CT molecular complexity index is 453. The second kappa shape index (κ2) is 30.0. The molecule has 0 bridgehead atoms. The van der Waals surface area contributed by atoms with Crippen LogP contribution in [0.4, 0.5) is 0 Å². The first-order valence-corrected chi connectivity index (χ1v) is 17.1. The third-order valence-corrected chi connectivity index (χ3v) is 8.11. The molecule has 0 aliphatic rings. The fourth-order valence-electron chi connectivity index (χ4n) is 5.45. The average molecular weight is 524 g/mol. The van der Waals surface area contributed by atoms with Crippen LogP contribution in [0.15, 0.2) is 0 Å². The molecule has 2 unspecified atom stereocenters. The van der Waals surface area contributed by atoms with Gasteiger partial charge in [-0.25, -0.2) is 0 Å². The molecule has 2 N–H and O–H groups in total. The van der Waals surface area contributed by atoms with Crippen LogP contribution in [0, 0.1) is 0 Å². The highest BCUT2D eigenvalue weighted by Gasteiger charge is 2.18. The number of carbonyl (C=O) groups is 1. The van der Waals surface area contributed by atoms with Crippen molar-refractivity contribution in [2.24, 2.45) is 0 Å². The van der Waals surface area contributed by atoms with Crippen LogP contribution in [-0.4, -0.2) is 23.2 Å². The van der Waals surface area contributed by atoms with E-state index in [1.807, 2.05) is 0 Å². The SMILES string of the molecule is CCCCCCCCCCCCCCCCC(O)C(CC)NC(=O)CCCCCCCCCCCCC. The lowest BCUT2D eigenvalue weighted by molar-refractivity contribution is -0.122. The first kappa shape index (κ1) is 36.4. The van der Waals surface area contributed by atoms with Gasteiger partial charge in [-0.1, -0.05) is 175 Å². The quantitative estimate of drug-likeness (QED) is 0.0920. The maximum atomic E-state index is 12.4. The van der Waals surface area contributed by atoms with E-state index in [9.17, 15) is 9.90 Å². The molecule has 0 fully saturated rings. The summed E-state index contributed by atoms with van der Waals surface area (Å²) in [7, 11) is 0. The molecule has 1 amide bonds. The van der Waals surface area contributed by atoms with E-state index in [1.54, 1.807) is 0 Å². The summed E-state index contributed by atoms with van der Waals surface area (Å²) < 4.78 is 0. The molecule has 0 saturated carbocycles. The Morgan fingerprint density at radius 1 is 0.514 bits per heavy atom. The van der Waals surface area contributed by atoms with Gasteiger partial charge in [-0.3, -0.25) is 4.79 Å². The Morgan fingerprint density at radius 3 is 1.19 bits per heavy atom. The number of carbonyl (C=O) groups excluding carboxylic acids is 1. The van der Waals surface area contributed by atoms with Gasteiger partial charge >= 0.3 is 0 Å². The Morgan fingerprint density at radius 2 is 0.838 bits per heavy atom. The minimum Gasteiger partial charge on any atom is -0.391 e. The van der Waals surface area contributed by atoms with E-state index in [0.717, 1.165) is 32.1 Å². The second-order valence-corrected chi connectivity index (χ2v) is 11.8. The van der Waals surface area contributed by atoms with Crippen LogP contribution in [0.5, 0.6) is 0 Å². The summed E-state index contributed by atoms with van der Waals surface area (Å²) in [6, 6.07) is -0.0813. The van der Waals surface area contributed by atoms with E-state index in [2.05, 4.69) is 26.1 Å². The molecule has 0 radical (unpaired) electrons. The molecular formula is C34H69NO2. The summed E-state index contributed by atoms with van der Waals surface area (Å²) in [6.45, 7) is 6.62. The van der Waals surface area contributed by atoms with Crippen molar-refractivity contribution in [2.75, 3.05) is 0 Å². The molecule has 0 aliphatic carbocycles. The topological polar surface area (TPSA) is 49.3 Å². The molecule has 0 aliphatic heterocycles. The van der Waals surface area contributed by atoms with Crippen molar-refractivity contribution in [1.29, 1.82) is 0 Å². The summed E-state index contributed by atoms with van der Waals surface area (Å²) in [5.41, 5.74) is 0. The highest BCUT2D eigenvalue weighted by molar-refractivity contribution is 5.76. The third-order valence-electron chi connectivity index (χ3n) is 8.11. The molecule has 0 aromatic heterocycles. The van der Waals surface area contributed by atoms with E-state index >= 15 is 0 Å². The molecule has 3 nitrogen and oxygen atoms in total. The number of amides is 1. The van der Waals surface area contributed by atoms with Crippen molar-refractivity contribution in [3.8, 4) is 0 Å². The van der Waals surface area contributed by atoms with Crippen LogP contribution in [0.3, 0.4) is 0 Å². The molecule has 0 spiro atoms. The lowest BCUT2D eigenvalue weighted by atomic mass is 10.00. The first-order chi connectivity index (χ1) is 18.2. The van der Waals surface area contributed by atoms with Gasteiger partial charge in [0.15, 0.2) is 0 Å². The number of aliphatic hydroxyl groups excluding tert-OH is 1. The zero-order valence-electron chi connectivity index (χ0n) is 25.8. The van der Waals surface area contributed by atoms with Gasteiger partial charge < -0.3 is 10.4 Å². The smallest absolute Gasteiger partial charge is 0.220 e. The van der Waals surface area contributed by atoms with Crippen LogP contribution in [-0.2, 0) is 4.79 Å². The van der Waals surface area contributed by atoms with Gasteiger partial charge in [0.2, 0.25) is 5.91 Å². The largest absolute Gasteiger partial charge is 0.391 e. The van der Waals surface area contributed by atoms with Crippen molar-refractivity contribution >= 4 is 5.91 Å². The number of rotatable bonds is 30. The molecule has 0 heterocycles. The normalized spacial score (nSPS) is 13.1. The number of unbranched alkanes of at least 4 members (excludes halogenated alkanes) is 23. The van der Waals surface area contributed by atoms with Gasteiger partial charge in [0.1, 0.15) is 0 Å². The second-order valence-electron chi connectivity index (χ2n) is 11.8. The summed E-state index contributed by atoms with van der Waals surface area (Å²) in [4.78, 5) is 12.4. The Labute approximate surface area is 233 Å². The van der Waals surface area contributed by atoms with Crippen molar-refractivity contribution in [3.63, 3.8) is 0 Å². The van der Waals surface area contributed by atoms with E-state index in [0.29, 0.717) is 6.42 Å². The van der Waals surface area contributed by atoms with Crippen molar-refractivity contribution in [3.05, 3.63) is 0 Å². The Kier molecular flexibility index (Phi) is 29.5. The predicted octanol–water partition coefficient (Wildman–Crippen LogP) is 10.8. The molecule has 37 heavy (non-hydrogen) atoms. The lowest BCUT2D eigenvalue weighted by Crippen LogP contribution is -2.42. The van der Waals surface area contributed by atoms with Crippen LogP contribution in [0.2, 0.25) is 0 Å². The van der Waals surface area contributed by atoms with Gasteiger partial charge in [-0.05, 0) is 19.3 Å². The van der Waals surface area contributed by atoms with E-state index in [-0.39, 0.29) is 11.9 Å². The zero-order chi connectivity index (χ0) is 27.2. The molecule has 222 valence electrons. The molecule has 0 aromatic carbocycles. The van der Waals surface area contributed by atoms with Crippen LogP contribution in [0.25, 0.3) is 0 Å². The summed E-state index contributed by atoms with van der Waals surface area (Å²) in [5, 5.41) is 13.7. The van der Waals surface area contributed by atoms with Crippen molar-refractivity contribution < 1.29 is 9.90 Å². The van der Waals surface area contributed by atoms with Gasteiger partial charge in [0.25, 0.3) is 0 Å². The Hall–Kier alpha value is -0.570. The summed E-state index contributed by atoms with van der Waals surface area (Å²) in [5.74, 6) is 0.128. The van der Waals surface area contributed by atoms with Crippen LogP contribution >= 0.6 is 0 Å². The number of nitrogens with one attached hydrogen (secondary N) is 1. The van der Waals surface area contributed by atoms with Gasteiger partial charge in [-0.2, -0.15) is 0 Å². The molecule has 0 rings (SSSR count). The minimum atomic E-state index is -0.399. The maximum absolute atomic E-state index is 12.4. The van der Waals surface area contributed by atoms with Crippen molar-refractivity contribution in [1.82, 2.24) is 5.32 Å². The molecular weight excluding hydrogens is 454 g/mol. The average Bonchev–Trinajstić information content (AvgIpc) is 2.90. The highest BCUT2D eigenvalue weighted by Crippen LogP contribution is 2.16. The van der Waals surface area contributed by atoms with Gasteiger partial charge in [0.05, 0.1) is 12.1 Å². The number of hydrogen-bond donors (Lipinski definition) is 2. The first-order valence-electron chi connectivity index (χ1n) is 17.1. The zero-order valence-corrected chi connectivity index (χ0v) is 25.8. The fraction of sp³-hybridized carbons (Fsp3) is 0.971. The number of aliphatic hydroxyl groups is 1. The molecule has 0 saturated heterocycles. The minimum absolute atomic E-state index is 0.0813. The van der Waals surface area contributed by atoms with Gasteiger partial charge in [0, 0.05) is 6.42 Å². The maximum Gasteiger partial charge on any atom is 0.220 e. The van der Waals surface area contributed by atoms with Crippen LogP contribution in [0.1, 0.15) is 201 Å². The van der Waals surface area contributed by atoms with E-state index in [1.165, 1.54) is 141 Å². The van der Waals surface area contributed by atoms with Gasteiger partial charge in [-0.15, -0.1) is 0 Å². The predicted molar refractivity (Wildman–Crippen MR) is 164 cm³/mol. The van der Waals surface area contributed by atoms with Crippen LogP contribution < -0.4 is 5.32 Å². The summed E-state index contributed by atoms with van der Waals surface area (Å²) in [6.07, 6.45) is 35.1. The molecule has 2 atom stereocenters. The third kappa shape index (κ3) is 26.8. The van der Waals surface area contributed by atoms with E-state index < -0.39 is 6.10 Å². The standard InChI is InChI=1S/C34H69NO2/c1-4-7-9-11-13-15-17-18-19-21-22-24-26-28-30-33(36)32(6-3)35-34(37)31-29-27-25-23-20-16-14-12-10-8-5-2/h32-33,36H,4-31H2,1-3H3,(H,35,37). The highest BCUT2D eigenvalue weighted by atomic mass is 16.3. The lowest BCUT2D eigenvalue weighted by Gasteiger charge is -2.23. The molecule has 3 heteroatoms. The Balaban J connectivity index is 3.55. The fourth-order valence-corrected chi connectivity index (χ4v) is 5.45. The number of hydrogen-bond acceptors (Lipinski definition) is 2.